The molecule has 0 spiro atoms. The molecule has 0 aliphatic heterocycles. The molecule has 4 N–H and O–H groups in total. The normalized spacial score (nSPS) is 12.8. The number of hydrogen-bond acceptors (Lipinski definition) is 3. The van der Waals surface area contributed by atoms with Crippen molar-refractivity contribution in [2.24, 2.45) is 10.7 Å². The summed E-state index contributed by atoms with van der Waals surface area (Å²) >= 11 is 0. The minimum atomic E-state index is -0.143. The molecule has 6 heteroatoms. The molecular formula is C15H24N4O2. The Balaban J connectivity index is 2.21. The van der Waals surface area contributed by atoms with Crippen molar-refractivity contribution >= 4 is 11.9 Å². The van der Waals surface area contributed by atoms with Crippen LogP contribution in [0.25, 0.3) is 0 Å². The Morgan fingerprint density at radius 2 is 2.10 bits per heavy atom. The van der Waals surface area contributed by atoms with Gasteiger partial charge in [-0.3, -0.25) is 4.79 Å². The average molecular weight is 292 g/mol. The molecule has 1 amide bonds. The van der Waals surface area contributed by atoms with Gasteiger partial charge in [0.25, 0.3) is 0 Å². The lowest BCUT2D eigenvalue weighted by Gasteiger charge is -2.13. The van der Waals surface area contributed by atoms with Crippen LogP contribution in [-0.4, -0.2) is 44.7 Å². The Labute approximate surface area is 125 Å². The maximum Gasteiger partial charge on any atom is 0.241 e. The molecule has 1 rings (SSSR count). The molecule has 1 aromatic carbocycles. The van der Waals surface area contributed by atoms with Crippen molar-refractivity contribution in [1.82, 2.24) is 10.6 Å². The number of nitrogens with two attached hydrogens (primary N) is 1. The highest BCUT2D eigenvalue weighted by Crippen LogP contribution is 1.97. The van der Waals surface area contributed by atoms with E-state index in [9.17, 15) is 4.79 Å². The number of guanidine groups is 1. The third-order valence-corrected chi connectivity index (χ3v) is 2.78. The Bertz CT molecular complexity index is 448. The molecule has 0 aromatic heterocycles. The zero-order valence-corrected chi connectivity index (χ0v) is 12.6. The molecule has 21 heavy (non-hydrogen) atoms. The third kappa shape index (κ3) is 7.94. The number of nitrogens with zero attached hydrogens (tertiary/aromatic N) is 1. The van der Waals surface area contributed by atoms with Gasteiger partial charge in [-0.15, -0.1) is 0 Å². The number of rotatable bonds is 8. The molecule has 0 fully saturated rings. The summed E-state index contributed by atoms with van der Waals surface area (Å²) in [6, 6.07) is 10.0. The number of carbonyl (C=O) groups is 1. The second-order valence-corrected chi connectivity index (χ2v) is 4.79. The number of benzene rings is 1. The highest BCUT2D eigenvalue weighted by Gasteiger charge is 2.03. The monoisotopic (exact) mass is 292 g/mol. The van der Waals surface area contributed by atoms with Crippen molar-refractivity contribution in [1.29, 1.82) is 0 Å². The summed E-state index contributed by atoms with van der Waals surface area (Å²) in [6.45, 7) is 3.06. The second-order valence-electron chi connectivity index (χ2n) is 4.79. The molecule has 0 aliphatic rings. The summed E-state index contributed by atoms with van der Waals surface area (Å²) in [5.74, 6) is 0.104. The smallest absolute Gasteiger partial charge is 0.241 e. The highest BCUT2D eigenvalue weighted by molar-refractivity contribution is 5.84. The van der Waals surface area contributed by atoms with Gasteiger partial charge in [-0.1, -0.05) is 30.3 Å². The molecule has 1 aromatic rings. The maximum absolute atomic E-state index is 11.6. The van der Waals surface area contributed by atoms with E-state index in [1.807, 2.05) is 37.3 Å². The molecule has 0 saturated carbocycles. The molecule has 116 valence electrons. The number of amides is 1. The van der Waals surface area contributed by atoms with Crippen LogP contribution in [0.2, 0.25) is 0 Å². The molecule has 0 aliphatic carbocycles. The number of nitrogens with one attached hydrogen (secondary N) is 2. The van der Waals surface area contributed by atoms with Crippen LogP contribution < -0.4 is 16.4 Å². The van der Waals surface area contributed by atoms with Crippen molar-refractivity contribution in [2.45, 2.75) is 19.4 Å². The van der Waals surface area contributed by atoms with E-state index in [-0.39, 0.29) is 24.5 Å². The lowest BCUT2D eigenvalue weighted by atomic mass is 10.1. The minimum absolute atomic E-state index is 0.0212. The minimum Gasteiger partial charge on any atom is -0.383 e. The molecule has 0 bridgehead atoms. The molecule has 0 saturated heterocycles. The number of hydrogen-bond donors (Lipinski definition) is 3. The maximum atomic E-state index is 11.6. The fraction of sp³-hybridized carbons (Fsp3) is 0.467. The molecule has 1 unspecified atom stereocenters. The van der Waals surface area contributed by atoms with Gasteiger partial charge in [0.2, 0.25) is 5.91 Å². The predicted octanol–water partition coefficient (Wildman–Crippen LogP) is 0.285. The lowest BCUT2D eigenvalue weighted by molar-refractivity contribution is -0.119. The van der Waals surface area contributed by atoms with Crippen LogP contribution in [-0.2, 0) is 16.0 Å². The first-order valence-electron chi connectivity index (χ1n) is 6.98. The molecule has 1 atom stereocenters. The highest BCUT2D eigenvalue weighted by atomic mass is 16.5. The van der Waals surface area contributed by atoms with Gasteiger partial charge in [-0.05, 0) is 18.9 Å². The Kier molecular flexibility index (Phi) is 7.89. The van der Waals surface area contributed by atoms with E-state index < -0.39 is 0 Å². The van der Waals surface area contributed by atoms with Crippen LogP contribution in [0.4, 0.5) is 0 Å². The number of aliphatic imine (C=N–C) groups is 1. The van der Waals surface area contributed by atoms with Crippen molar-refractivity contribution in [2.75, 3.05) is 26.8 Å². The Hall–Kier alpha value is -2.08. The predicted molar refractivity (Wildman–Crippen MR) is 84.1 cm³/mol. The summed E-state index contributed by atoms with van der Waals surface area (Å²) < 4.78 is 4.97. The van der Waals surface area contributed by atoms with Crippen molar-refractivity contribution in [3.05, 3.63) is 35.9 Å². The summed E-state index contributed by atoms with van der Waals surface area (Å²) in [4.78, 5) is 15.6. The van der Waals surface area contributed by atoms with Crippen LogP contribution in [0.15, 0.2) is 35.3 Å². The number of methoxy groups -OCH3 is 1. The second kappa shape index (κ2) is 9.77. The lowest BCUT2D eigenvalue weighted by Crippen LogP contribution is -2.41. The van der Waals surface area contributed by atoms with Crippen molar-refractivity contribution in [3.63, 3.8) is 0 Å². The molecule has 0 heterocycles. The van der Waals surface area contributed by atoms with E-state index in [1.54, 1.807) is 7.11 Å². The SMILES string of the molecule is COCC(C)NC(N)=NCC(=O)NCCc1ccccc1. The van der Waals surface area contributed by atoms with E-state index in [0.29, 0.717) is 13.2 Å². The first kappa shape index (κ1) is 17.0. The summed E-state index contributed by atoms with van der Waals surface area (Å²) in [5.41, 5.74) is 6.87. The van der Waals surface area contributed by atoms with E-state index in [0.717, 1.165) is 6.42 Å². The van der Waals surface area contributed by atoms with Gasteiger partial charge in [-0.25, -0.2) is 4.99 Å². The largest absolute Gasteiger partial charge is 0.383 e. The van der Waals surface area contributed by atoms with Gasteiger partial charge in [0.15, 0.2) is 5.96 Å². The van der Waals surface area contributed by atoms with Gasteiger partial charge >= 0.3 is 0 Å². The zero-order chi connectivity index (χ0) is 15.5. The zero-order valence-electron chi connectivity index (χ0n) is 12.6. The van der Waals surface area contributed by atoms with Gasteiger partial charge in [-0.2, -0.15) is 0 Å². The van der Waals surface area contributed by atoms with Crippen LogP contribution in [0.1, 0.15) is 12.5 Å². The summed E-state index contributed by atoms with van der Waals surface area (Å²) in [5, 5.41) is 5.75. The van der Waals surface area contributed by atoms with E-state index in [1.165, 1.54) is 5.56 Å². The number of ether oxygens (including phenoxy) is 1. The molecular weight excluding hydrogens is 268 g/mol. The van der Waals surface area contributed by atoms with Gasteiger partial charge in [0.1, 0.15) is 6.54 Å². The third-order valence-electron chi connectivity index (χ3n) is 2.78. The van der Waals surface area contributed by atoms with E-state index >= 15 is 0 Å². The fourth-order valence-electron chi connectivity index (χ4n) is 1.79. The van der Waals surface area contributed by atoms with Gasteiger partial charge in [0, 0.05) is 19.7 Å². The van der Waals surface area contributed by atoms with Gasteiger partial charge in [0.05, 0.1) is 6.61 Å². The Morgan fingerprint density at radius 1 is 1.38 bits per heavy atom. The van der Waals surface area contributed by atoms with E-state index in [4.69, 9.17) is 10.5 Å². The first-order chi connectivity index (χ1) is 10.1. The summed E-state index contributed by atoms with van der Waals surface area (Å²) in [6.07, 6.45) is 0.800. The van der Waals surface area contributed by atoms with Crippen molar-refractivity contribution < 1.29 is 9.53 Å². The van der Waals surface area contributed by atoms with Crippen LogP contribution in [0.5, 0.6) is 0 Å². The van der Waals surface area contributed by atoms with Crippen LogP contribution in [0, 0.1) is 0 Å². The fourth-order valence-corrected chi connectivity index (χ4v) is 1.79. The standard InChI is InChI=1S/C15H24N4O2/c1-12(11-21-2)19-15(16)18-10-14(20)17-9-8-13-6-4-3-5-7-13/h3-7,12H,8-11H2,1-2H3,(H,17,20)(H3,16,18,19). The molecule has 6 nitrogen and oxygen atoms in total. The topological polar surface area (TPSA) is 88.7 Å². The van der Waals surface area contributed by atoms with E-state index in [2.05, 4.69) is 15.6 Å². The summed E-state index contributed by atoms with van der Waals surface area (Å²) in [7, 11) is 1.62. The first-order valence-corrected chi connectivity index (χ1v) is 6.98. The van der Waals surface area contributed by atoms with Crippen molar-refractivity contribution in [3.8, 4) is 0 Å². The Morgan fingerprint density at radius 3 is 2.76 bits per heavy atom. The number of carbonyl (C=O) groups excluding carboxylic acids is 1. The van der Waals surface area contributed by atoms with Gasteiger partial charge < -0.3 is 21.1 Å². The quantitative estimate of drug-likeness (QED) is 0.474. The van der Waals surface area contributed by atoms with Crippen LogP contribution >= 0.6 is 0 Å². The molecule has 0 radical (unpaired) electrons. The average Bonchev–Trinajstić information content (AvgIpc) is 2.46. The van der Waals surface area contributed by atoms with Crippen LogP contribution in [0.3, 0.4) is 0 Å².